The SMILES string of the molecule is CCN(CC(=O)Nc1ccc(NC(C)=O)cc1)Cc1ccc(C#N)cc1. The van der Waals surface area contributed by atoms with Crippen molar-refractivity contribution in [3.63, 3.8) is 0 Å². The van der Waals surface area contributed by atoms with Gasteiger partial charge in [-0.05, 0) is 48.5 Å². The van der Waals surface area contributed by atoms with Crippen molar-refractivity contribution in [3.8, 4) is 6.07 Å². The molecule has 2 aromatic carbocycles. The van der Waals surface area contributed by atoms with Crippen LogP contribution in [0.3, 0.4) is 0 Å². The number of anilines is 2. The Hall–Kier alpha value is -3.17. The number of benzene rings is 2. The van der Waals surface area contributed by atoms with Gasteiger partial charge in [0.2, 0.25) is 11.8 Å². The number of rotatable bonds is 7. The second-order valence-corrected chi connectivity index (χ2v) is 5.92. The Morgan fingerprint density at radius 2 is 1.58 bits per heavy atom. The number of nitrogens with zero attached hydrogens (tertiary/aromatic N) is 2. The highest BCUT2D eigenvalue weighted by atomic mass is 16.2. The molecule has 0 heterocycles. The van der Waals surface area contributed by atoms with Gasteiger partial charge in [-0.1, -0.05) is 19.1 Å². The lowest BCUT2D eigenvalue weighted by Crippen LogP contribution is -2.32. The smallest absolute Gasteiger partial charge is 0.238 e. The Bertz CT molecular complexity index is 792. The van der Waals surface area contributed by atoms with Crippen LogP contribution in [-0.4, -0.2) is 29.8 Å². The molecule has 2 rings (SSSR count). The van der Waals surface area contributed by atoms with Crippen LogP contribution in [0, 0.1) is 11.3 Å². The van der Waals surface area contributed by atoms with Crippen molar-refractivity contribution in [2.24, 2.45) is 0 Å². The number of carbonyl (C=O) groups excluding carboxylic acids is 2. The maximum atomic E-state index is 12.3. The largest absolute Gasteiger partial charge is 0.326 e. The molecule has 2 amide bonds. The van der Waals surface area contributed by atoms with E-state index in [9.17, 15) is 9.59 Å². The van der Waals surface area contributed by atoms with Crippen molar-refractivity contribution >= 4 is 23.2 Å². The first-order valence-corrected chi connectivity index (χ1v) is 8.39. The summed E-state index contributed by atoms with van der Waals surface area (Å²) in [4.78, 5) is 25.3. The minimum absolute atomic E-state index is 0.104. The van der Waals surface area contributed by atoms with Gasteiger partial charge in [-0.25, -0.2) is 0 Å². The van der Waals surface area contributed by atoms with Crippen LogP contribution in [-0.2, 0) is 16.1 Å². The fourth-order valence-electron chi connectivity index (χ4n) is 2.47. The number of carbonyl (C=O) groups is 2. The zero-order valence-corrected chi connectivity index (χ0v) is 15.0. The molecule has 0 aromatic heterocycles. The molecule has 0 unspecified atom stereocenters. The Kier molecular flexibility index (Phi) is 6.89. The summed E-state index contributed by atoms with van der Waals surface area (Å²) in [5, 5.41) is 14.4. The molecule has 2 N–H and O–H groups in total. The van der Waals surface area contributed by atoms with E-state index in [4.69, 9.17) is 5.26 Å². The summed E-state index contributed by atoms with van der Waals surface area (Å²) in [5.41, 5.74) is 3.04. The lowest BCUT2D eigenvalue weighted by molar-refractivity contribution is -0.117. The van der Waals surface area contributed by atoms with E-state index >= 15 is 0 Å². The van der Waals surface area contributed by atoms with Crippen LogP contribution in [0.15, 0.2) is 48.5 Å². The first kappa shape index (κ1) is 19.2. The van der Waals surface area contributed by atoms with Crippen molar-refractivity contribution in [1.82, 2.24) is 4.90 Å². The van der Waals surface area contributed by atoms with Crippen LogP contribution in [0.5, 0.6) is 0 Å². The molecule has 0 spiro atoms. The van der Waals surface area contributed by atoms with Gasteiger partial charge in [0.05, 0.1) is 18.2 Å². The van der Waals surface area contributed by atoms with E-state index in [0.29, 0.717) is 23.5 Å². The molecule has 0 aliphatic heterocycles. The minimum atomic E-state index is -0.136. The lowest BCUT2D eigenvalue weighted by Gasteiger charge is -2.20. The molecule has 0 atom stereocenters. The molecule has 134 valence electrons. The van der Waals surface area contributed by atoms with Crippen LogP contribution in [0.1, 0.15) is 25.0 Å². The van der Waals surface area contributed by atoms with Gasteiger partial charge < -0.3 is 10.6 Å². The molecule has 2 aromatic rings. The molecule has 0 bridgehead atoms. The van der Waals surface area contributed by atoms with Gasteiger partial charge in [-0.3, -0.25) is 14.5 Å². The van der Waals surface area contributed by atoms with Crippen molar-refractivity contribution < 1.29 is 9.59 Å². The van der Waals surface area contributed by atoms with Crippen LogP contribution in [0.2, 0.25) is 0 Å². The highest BCUT2D eigenvalue weighted by Gasteiger charge is 2.10. The van der Waals surface area contributed by atoms with Gasteiger partial charge in [-0.2, -0.15) is 5.26 Å². The zero-order valence-electron chi connectivity index (χ0n) is 15.0. The molecular weight excluding hydrogens is 328 g/mol. The average Bonchev–Trinajstić information content (AvgIpc) is 2.63. The number of nitriles is 1. The van der Waals surface area contributed by atoms with Crippen molar-refractivity contribution in [3.05, 3.63) is 59.7 Å². The summed E-state index contributed by atoms with van der Waals surface area (Å²) in [7, 11) is 0. The standard InChI is InChI=1S/C20H22N4O2/c1-3-24(13-17-6-4-16(12-21)5-7-17)14-20(26)23-19-10-8-18(9-11-19)22-15(2)25/h4-11H,3,13-14H2,1-2H3,(H,22,25)(H,23,26). The highest BCUT2D eigenvalue weighted by molar-refractivity contribution is 5.93. The molecule has 0 aliphatic carbocycles. The molecule has 0 saturated carbocycles. The molecule has 0 fully saturated rings. The summed E-state index contributed by atoms with van der Waals surface area (Å²) in [5.74, 6) is -0.240. The van der Waals surface area contributed by atoms with Gasteiger partial charge >= 0.3 is 0 Å². The van der Waals surface area contributed by atoms with E-state index < -0.39 is 0 Å². The third-order valence-electron chi connectivity index (χ3n) is 3.79. The Morgan fingerprint density at radius 3 is 2.08 bits per heavy atom. The zero-order chi connectivity index (χ0) is 18.9. The van der Waals surface area contributed by atoms with Gasteiger partial charge in [0, 0.05) is 24.8 Å². The minimum Gasteiger partial charge on any atom is -0.326 e. The summed E-state index contributed by atoms with van der Waals surface area (Å²) in [6, 6.07) is 16.4. The number of hydrogen-bond acceptors (Lipinski definition) is 4. The summed E-state index contributed by atoms with van der Waals surface area (Å²) in [6.07, 6.45) is 0. The van der Waals surface area contributed by atoms with Crippen LogP contribution in [0.25, 0.3) is 0 Å². The highest BCUT2D eigenvalue weighted by Crippen LogP contribution is 2.14. The maximum absolute atomic E-state index is 12.3. The first-order chi connectivity index (χ1) is 12.5. The molecule has 6 nitrogen and oxygen atoms in total. The van der Waals surface area contributed by atoms with E-state index in [1.807, 2.05) is 24.0 Å². The second-order valence-electron chi connectivity index (χ2n) is 5.92. The monoisotopic (exact) mass is 350 g/mol. The number of hydrogen-bond donors (Lipinski definition) is 2. The molecule has 0 radical (unpaired) electrons. The van der Waals surface area contributed by atoms with Crippen molar-refractivity contribution in [1.29, 1.82) is 5.26 Å². The van der Waals surface area contributed by atoms with Gasteiger partial charge in [-0.15, -0.1) is 0 Å². The third kappa shape index (κ3) is 6.04. The number of amides is 2. The quantitative estimate of drug-likeness (QED) is 0.804. The number of nitrogens with one attached hydrogen (secondary N) is 2. The summed E-state index contributed by atoms with van der Waals surface area (Å²) < 4.78 is 0. The van der Waals surface area contributed by atoms with E-state index in [-0.39, 0.29) is 18.4 Å². The van der Waals surface area contributed by atoms with Gasteiger partial charge in [0.1, 0.15) is 0 Å². The third-order valence-corrected chi connectivity index (χ3v) is 3.79. The van der Waals surface area contributed by atoms with Crippen molar-refractivity contribution in [2.75, 3.05) is 23.7 Å². The molecule has 0 saturated heterocycles. The summed E-state index contributed by atoms with van der Waals surface area (Å²) >= 11 is 0. The lowest BCUT2D eigenvalue weighted by atomic mass is 10.1. The van der Waals surface area contributed by atoms with Gasteiger partial charge in [0.25, 0.3) is 0 Å². The van der Waals surface area contributed by atoms with Crippen LogP contribution in [0.4, 0.5) is 11.4 Å². The fourth-order valence-corrected chi connectivity index (χ4v) is 2.47. The van der Waals surface area contributed by atoms with E-state index in [1.54, 1.807) is 36.4 Å². The maximum Gasteiger partial charge on any atom is 0.238 e. The van der Waals surface area contributed by atoms with Crippen molar-refractivity contribution in [2.45, 2.75) is 20.4 Å². The molecule has 26 heavy (non-hydrogen) atoms. The van der Waals surface area contributed by atoms with Crippen LogP contribution >= 0.6 is 0 Å². The van der Waals surface area contributed by atoms with Gasteiger partial charge in [0.15, 0.2) is 0 Å². The van der Waals surface area contributed by atoms with Crippen LogP contribution < -0.4 is 10.6 Å². The molecule has 0 aliphatic rings. The predicted molar refractivity (Wildman–Crippen MR) is 101 cm³/mol. The normalized spacial score (nSPS) is 10.2. The summed E-state index contributed by atoms with van der Waals surface area (Å²) in [6.45, 7) is 5.08. The van der Waals surface area contributed by atoms with E-state index in [2.05, 4.69) is 16.7 Å². The average molecular weight is 350 g/mol. The Morgan fingerprint density at radius 1 is 1.00 bits per heavy atom. The molecular formula is C20H22N4O2. The Labute approximate surface area is 153 Å². The second kappa shape index (κ2) is 9.35. The Balaban J connectivity index is 1.89. The first-order valence-electron chi connectivity index (χ1n) is 8.39. The number of likely N-dealkylation sites (N-methyl/N-ethyl adjacent to an activating group) is 1. The fraction of sp³-hybridized carbons (Fsp3) is 0.250. The molecule has 6 heteroatoms. The predicted octanol–water partition coefficient (Wildman–Crippen LogP) is 2.98. The topological polar surface area (TPSA) is 85.2 Å². The van der Waals surface area contributed by atoms with E-state index in [0.717, 1.165) is 12.1 Å². The van der Waals surface area contributed by atoms with E-state index in [1.165, 1.54) is 6.92 Å².